The monoisotopic (exact) mass is 288 g/mol. The first-order chi connectivity index (χ1) is 10.2. The van der Waals surface area contributed by atoms with Crippen molar-refractivity contribution < 1.29 is 5.21 Å². The Morgan fingerprint density at radius 2 is 2.19 bits per heavy atom. The van der Waals surface area contributed by atoms with Crippen LogP contribution in [0.5, 0.6) is 0 Å². The molecule has 4 N–H and O–H groups in total. The first-order valence-corrected chi connectivity index (χ1v) is 6.78. The Balaban J connectivity index is 1.96. The summed E-state index contributed by atoms with van der Waals surface area (Å²) >= 11 is 0. The van der Waals surface area contributed by atoms with E-state index in [4.69, 9.17) is 10.9 Å². The maximum atomic E-state index is 8.75. The van der Waals surface area contributed by atoms with Crippen LogP contribution in [0.25, 0.3) is 0 Å². The number of hydrogen-bond acceptors (Lipinski definition) is 5. The number of nitrogens with zero attached hydrogens (tertiary/aromatic N) is 4. The van der Waals surface area contributed by atoms with Crippen LogP contribution in [-0.2, 0) is 13.5 Å². The molecule has 0 amide bonds. The summed E-state index contributed by atoms with van der Waals surface area (Å²) < 4.78 is 1.68. The molecule has 7 nitrogen and oxygen atoms in total. The summed E-state index contributed by atoms with van der Waals surface area (Å²) in [4.78, 5) is 4.19. The lowest BCUT2D eigenvalue weighted by Crippen LogP contribution is -2.28. The highest BCUT2D eigenvalue weighted by molar-refractivity contribution is 5.80. The molecule has 2 rings (SSSR count). The van der Waals surface area contributed by atoms with Gasteiger partial charge in [0.1, 0.15) is 12.2 Å². The minimum Gasteiger partial charge on any atom is -0.409 e. The molecule has 0 fully saturated rings. The normalized spacial score (nSPS) is 13.3. The summed E-state index contributed by atoms with van der Waals surface area (Å²) in [6.45, 7) is 0.711. The Bertz CT molecular complexity index is 580. The fraction of sp³-hybridized carbons (Fsp3) is 0.357. The SMILES string of the molecule is Cn1cnc(CCNC(C/C(N)=N/O)c2ccccc2)n1. The Morgan fingerprint density at radius 1 is 1.43 bits per heavy atom. The number of amidine groups is 1. The summed E-state index contributed by atoms with van der Waals surface area (Å²) in [7, 11) is 1.84. The average molecular weight is 288 g/mol. The van der Waals surface area contributed by atoms with E-state index in [0.29, 0.717) is 13.0 Å². The van der Waals surface area contributed by atoms with E-state index in [2.05, 4.69) is 20.6 Å². The summed E-state index contributed by atoms with van der Waals surface area (Å²) in [5, 5.41) is 19.4. The van der Waals surface area contributed by atoms with Crippen molar-refractivity contribution in [2.75, 3.05) is 6.54 Å². The molecule has 0 aliphatic carbocycles. The van der Waals surface area contributed by atoms with Gasteiger partial charge in [-0.2, -0.15) is 5.10 Å². The molecule has 0 aliphatic rings. The number of rotatable bonds is 7. The number of oxime groups is 1. The van der Waals surface area contributed by atoms with Crippen LogP contribution in [0.4, 0.5) is 0 Å². The highest BCUT2D eigenvalue weighted by atomic mass is 16.4. The zero-order valence-corrected chi connectivity index (χ0v) is 12.0. The third kappa shape index (κ3) is 4.57. The van der Waals surface area contributed by atoms with Gasteiger partial charge in [0.2, 0.25) is 0 Å². The second-order valence-electron chi connectivity index (χ2n) is 4.80. The molecule has 1 atom stereocenters. The van der Waals surface area contributed by atoms with Gasteiger partial charge in [-0.25, -0.2) is 4.98 Å². The van der Waals surface area contributed by atoms with E-state index in [1.54, 1.807) is 11.0 Å². The second kappa shape index (κ2) is 7.39. The van der Waals surface area contributed by atoms with Crippen molar-refractivity contribution in [3.8, 4) is 0 Å². The molecule has 1 unspecified atom stereocenters. The molecule has 1 aromatic carbocycles. The topological polar surface area (TPSA) is 101 Å². The highest BCUT2D eigenvalue weighted by Crippen LogP contribution is 2.16. The lowest BCUT2D eigenvalue weighted by atomic mass is 10.0. The van der Waals surface area contributed by atoms with E-state index in [-0.39, 0.29) is 11.9 Å². The van der Waals surface area contributed by atoms with Crippen LogP contribution in [0, 0.1) is 0 Å². The van der Waals surface area contributed by atoms with Crippen molar-refractivity contribution in [1.82, 2.24) is 20.1 Å². The van der Waals surface area contributed by atoms with Crippen molar-refractivity contribution in [3.05, 3.63) is 48.0 Å². The number of hydrogen-bond donors (Lipinski definition) is 3. The van der Waals surface area contributed by atoms with Crippen molar-refractivity contribution >= 4 is 5.84 Å². The molecule has 1 heterocycles. The summed E-state index contributed by atoms with van der Waals surface area (Å²) in [6.07, 6.45) is 2.84. The third-order valence-electron chi connectivity index (χ3n) is 3.13. The quantitative estimate of drug-likeness (QED) is 0.303. The zero-order valence-electron chi connectivity index (χ0n) is 12.0. The predicted octanol–water partition coefficient (Wildman–Crippen LogP) is 0.825. The predicted molar refractivity (Wildman–Crippen MR) is 79.9 cm³/mol. The van der Waals surface area contributed by atoms with Gasteiger partial charge in [-0.05, 0) is 5.56 Å². The Kier molecular flexibility index (Phi) is 5.28. The van der Waals surface area contributed by atoms with Gasteiger partial charge in [0, 0.05) is 32.5 Å². The smallest absolute Gasteiger partial charge is 0.151 e. The molecule has 2 aromatic rings. The van der Waals surface area contributed by atoms with E-state index in [9.17, 15) is 0 Å². The van der Waals surface area contributed by atoms with Gasteiger partial charge < -0.3 is 16.3 Å². The van der Waals surface area contributed by atoms with Crippen LogP contribution in [0.1, 0.15) is 23.9 Å². The van der Waals surface area contributed by atoms with Gasteiger partial charge in [0.25, 0.3) is 0 Å². The van der Waals surface area contributed by atoms with Crippen LogP contribution in [0.2, 0.25) is 0 Å². The minimum absolute atomic E-state index is 0.00851. The number of benzene rings is 1. The minimum atomic E-state index is -0.00851. The molecular formula is C14H20N6O. The molecule has 0 spiro atoms. The molecule has 0 saturated carbocycles. The second-order valence-corrected chi connectivity index (χ2v) is 4.80. The number of nitrogens with two attached hydrogens (primary N) is 1. The standard InChI is InChI=1S/C14H20N6O/c1-20-10-17-14(18-20)7-8-16-12(9-13(15)19-21)11-5-3-2-4-6-11/h2-6,10,12,16,21H,7-9H2,1H3,(H2,15,19). The zero-order chi connectivity index (χ0) is 15.1. The van der Waals surface area contributed by atoms with Crippen LogP contribution in [0.3, 0.4) is 0 Å². The fourth-order valence-corrected chi connectivity index (χ4v) is 2.10. The van der Waals surface area contributed by atoms with Crippen LogP contribution < -0.4 is 11.1 Å². The molecule has 112 valence electrons. The Hall–Kier alpha value is -2.41. The molecule has 0 radical (unpaired) electrons. The Labute approximate surface area is 123 Å². The first kappa shape index (κ1) is 15.0. The van der Waals surface area contributed by atoms with Gasteiger partial charge >= 0.3 is 0 Å². The number of nitrogens with one attached hydrogen (secondary N) is 1. The summed E-state index contributed by atoms with van der Waals surface area (Å²) in [5.41, 5.74) is 6.72. The third-order valence-corrected chi connectivity index (χ3v) is 3.13. The summed E-state index contributed by atoms with van der Waals surface area (Å²) in [5.74, 6) is 0.993. The van der Waals surface area contributed by atoms with Crippen molar-refractivity contribution in [2.45, 2.75) is 18.9 Å². The molecule has 21 heavy (non-hydrogen) atoms. The molecule has 0 saturated heterocycles. The molecule has 1 aromatic heterocycles. The van der Waals surface area contributed by atoms with Gasteiger partial charge in [0.15, 0.2) is 5.82 Å². The van der Waals surface area contributed by atoms with E-state index in [1.165, 1.54) is 0 Å². The van der Waals surface area contributed by atoms with Crippen molar-refractivity contribution in [3.63, 3.8) is 0 Å². The highest BCUT2D eigenvalue weighted by Gasteiger charge is 2.13. The lowest BCUT2D eigenvalue weighted by molar-refractivity contribution is 0.315. The van der Waals surface area contributed by atoms with Gasteiger partial charge in [-0.3, -0.25) is 4.68 Å². The van der Waals surface area contributed by atoms with E-state index >= 15 is 0 Å². The number of aromatic nitrogens is 3. The molecule has 0 bridgehead atoms. The van der Waals surface area contributed by atoms with Crippen molar-refractivity contribution in [2.24, 2.45) is 17.9 Å². The first-order valence-electron chi connectivity index (χ1n) is 6.78. The molecular weight excluding hydrogens is 268 g/mol. The maximum Gasteiger partial charge on any atom is 0.151 e. The van der Waals surface area contributed by atoms with E-state index in [1.807, 2.05) is 37.4 Å². The van der Waals surface area contributed by atoms with Crippen LogP contribution in [-0.4, -0.2) is 32.4 Å². The average Bonchev–Trinajstić information content (AvgIpc) is 2.92. The fourth-order valence-electron chi connectivity index (χ4n) is 2.10. The molecule has 7 heteroatoms. The lowest BCUT2D eigenvalue weighted by Gasteiger charge is -2.18. The molecule has 0 aliphatic heterocycles. The van der Waals surface area contributed by atoms with E-state index < -0.39 is 0 Å². The van der Waals surface area contributed by atoms with Gasteiger partial charge in [-0.15, -0.1) is 0 Å². The summed E-state index contributed by atoms with van der Waals surface area (Å²) in [6, 6.07) is 9.92. The maximum absolute atomic E-state index is 8.75. The van der Waals surface area contributed by atoms with E-state index in [0.717, 1.165) is 17.8 Å². The van der Waals surface area contributed by atoms with Crippen molar-refractivity contribution in [1.29, 1.82) is 0 Å². The van der Waals surface area contributed by atoms with Gasteiger partial charge in [0.05, 0.1) is 0 Å². The number of aryl methyl sites for hydroxylation is 1. The Morgan fingerprint density at radius 3 is 2.81 bits per heavy atom. The van der Waals surface area contributed by atoms with Crippen LogP contribution >= 0.6 is 0 Å². The van der Waals surface area contributed by atoms with Crippen LogP contribution in [0.15, 0.2) is 41.8 Å². The largest absolute Gasteiger partial charge is 0.409 e. The van der Waals surface area contributed by atoms with Gasteiger partial charge in [-0.1, -0.05) is 35.5 Å².